The number of hydrogen-bond donors (Lipinski definition) is 0. The van der Waals surface area contributed by atoms with Crippen LogP contribution in [0.3, 0.4) is 0 Å². The van der Waals surface area contributed by atoms with Crippen LogP contribution in [0.2, 0.25) is 0 Å². The molecule has 190 valence electrons. The predicted octanol–water partition coefficient (Wildman–Crippen LogP) is 3.92. The zero-order valence-electron chi connectivity index (χ0n) is 20.7. The molecule has 1 aromatic heterocycles. The average molecular weight is 511 g/mol. The second-order valence-electron chi connectivity index (χ2n) is 8.35. The Balaban J connectivity index is 1.29. The molecule has 2 aromatic carbocycles. The van der Waals surface area contributed by atoms with E-state index in [1.165, 1.54) is 17.2 Å². The molecule has 9 heteroatoms. The van der Waals surface area contributed by atoms with Gasteiger partial charge in [0.05, 0.1) is 20.8 Å². The van der Waals surface area contributed by atoms with Crippen LogP contribution >= 0.6 is 11.8 Å². The van der Waals surface area contributed by atoms with Gasteiger partial charge in [0.2, 0.25) is 11.2 Å². The van der Waals surface area contributed by atoms with Crippen LogP contribution < -0.4 is 19.6 Å². The van der Waals surface area contributed by atoms with Crippen molar-refractivity contribution in [3.63, 3.8) is 0 Å². The largest absolute Gasteiger partial charge is 0.493 e. The third kappa shape index (κ3) is 6.22. The molecule has 1 aliphatic heterocycles. The molecule has 0 bridgehead atoms. The highest BCUT2D eigenvalue weighted by Gasteiger charge is 2.23. The molecule has 0 radical (unpaired) electrons. The Bertz CT molecular complexity index is 1240. The summed E-state index contributed by atoms with van der Waals surface area (Å²) in [7, 11) is 3.11. The van der Waals surface area contributed by atoms with Crippen LogP contribution in [-0.4, -0.2) is 62.4 Å². The number of thioether (sulfide) groups is 1. The lowest BCUT2D eigenvalue weighted by atomic mass is 10.1. The number of carbonyl (C=O) groups is 1. The summed E-state index contributed by atoms with van der Waals surface area (Å²) in [5.74, 6) is 1.82. The van der Waals surface area contributed by atoms with E-state index in [0.29, 0.717) is 62.2 Å². The monoisotopic (exact) mass is 510 g/mol. The van der Waals surface area contributed by atoms with Crippen LogP contribution in [0.1, 0.15) is 21.7 Å². The normalized spacial score (nSPS) is 13.9. The molecular formula is C27H30N2O6S. The Labute approximate surface area is 214 Å². The molecule has 1 fully saturated rings. The smallest absolute Gasteiger partial charge is 0.254 e. The topological polar surface area (TPSA) is 81.5 Å². The Morgan fingerprint density at radius 1 is 0.944 bits per heavy atom. The molecular weight excluding hydrogens is 480 g/mol. The molecule has 0 aliphatic carbocycles. The molecule has 0 saturated carbocycles. The quantitative estimate of drug-likeness (QED) is 0.401. The van der Waals surface area contributed by atoms with E-state index in [9.17, 15) is 9.59 Å². The van der Waals surface area contributed by atoms with E-state index in [1.54, 1.807) is 44.2 Å². The van der Waals surface area contributed by atoms with Crippen LogP contribution in [-0.2, 0) is 13.2 Å². The van der Waals surface area contributed by atoms with Crippen molar-refractivity contribution in [1.29, 1.82) is 0 Å². The zero-order valence-corrected chi connectivity index (χ0v) is 21.5. The van der Waals surface area contributed by atoms with Crippen LogP contribution in [0.5, 0.6) is 17.2 Å². The molecule has 0 spiro atoms. The minimum atomic E-state index is -0.209. The third-order valence-electron chi connectivity index (χ3n) is 6.08. The van der Waals surface area contributed by atoms with Crippen molar-refractivity contribution < 1.29 is 23.4 Å². The van der Waals surface area contributed by atoms with E-state index in [-0.39, 0.29) is 17.1 Å². The van der Waals surface area contributed by atoms with Gasteiger partial charge in [-0.15, -0.1) is 11.8 Å². The van der Waals surface area contributed by atoms with Crippen molar-refractivity contribution in [2.24, 2.45) is 0 Å². The van der Waals surface area contributed by atoms with Gasteiger partial charge in [0, 0.05) is 42.7 Å². The van der Waals surface area contributed by atoms with Gasteiger partial charge in [-0.2, -0.15) is 0 Å². The number of piperazine rings is 1. The Kier molecular flexibility index (Phi) is 8.56. The van der Waals surface area contributed by atoms with Gasteiger partial charge in [-0.05, 0) is 42.2 Å². The first kappa shape index (κ1) is 25.7. The summed E-state index contributed by atoms with van der Waals surface area (Å²) in [5, 5.41) is 0. The van der Waals surface area contributed by atoms with E-state index in [1.807, 2.05) is 35.4 Å². The number of hydrogen-bond acceptors (Lipinski definition) is 8. The standard InChI is InChI=1S/C27H30N2O6S/c1-32-24-9-6-20(14-25(24)33-2)27(31)29-12-10-28(11-13-29)16-21-15-23(30)26(18-34-21)35-17-19-4-7-22(36-3)8-5-19/h4-9,14-15,18H,10-13,16-17H2,1-3H3. The van der Waals surface area contributed by atoms with Crippen molar-refractivity contribution in [2.75, 3.05) is 46.7 Å². The van der Waals surface area contributed by atoms with Crippen molar-refractivity contribution in [3.8, 4) is 17.2 Å². The summed E-state index contributed by atoms with van der Waals surface area (Å²) in [6.45, 7) is 3.29. The number of carbonyl (C=O) groups excluding carboxylic acids is 1. The van der Waals surface area contributed by atoms with Crippen molar-refractivity contribution in [3.05, 3.63) is 81.9 Å². The summed E-state index contributed by atoms with van der Waals surface area (Å²) >= 11 is 1.68. The Morgan fingerprint density at radius 3 is 2.31 bits per heavy atom. The minimum Gasteiger partial charge on any atom is -0.493 e. The lowest BCUT2D eigenvalue weighted by Gasteiger charge is -2.34. The molecule has 0 atom stereocenters. The maximum atomic E-state index is 12.9. The van der Waals surface area contributed by atoms with Crippen molar-refractivity contribution >= 4 is 17.7 Å². The summed E-state index contributed by atoms with van der Waals surface area (Å²) < 4.78 is 21.9. The number of ether oxygens (including phenoxy) is 3. The molecule has 36 heavy (non-hydrogen) atoms. The molecule has 0 unspecified atom stereocenters. The third-order valence-corrected chi connectivity index (χ3v) is 6.82. The van der Waals surface area contributed by atoms with Gasteiger partial charge in [0.25, 0.3) is 5.91 Å². The molecule has 1 saturated heterocycles. The minimum absolute atomic E-state index is 0.0493. The summed E-state index contributed by atoms with van der Waals surface area (Å²) in [6, 6.07) is 14.7. The van der Waals surface area contributed by atoms with E-state index >= 15 is 0 Å². The van der Waals surface area contributed by atoms with E-state index in [4.69, 9.17) is 18.6 Å². The van der Waals surface area contributed by atoms with Crippen molar-refractivity contribution in [2.45, 2.75) is 18.0 Å². The lowest BCUT2D eigenvalue weighted by molar-refractivity contribution is 0.0619. The molecule has 2 heterocycles. The fraction of sp³-hybridized carbons (Fsp3) is 0.333. The summed E-state index contributed by atoms with van der Waals surface area (Å²) in [4.78, 5) is 30.6. The number of methoxy groups -OCH3 is 2. The first-order chi connectivity index (χ1) is 17.5. The first-order valence-electron chi connectivity index (χ1n) is 11.6. The van der Waals surface area contributed by atoms with Crippen LogP contribution in [0.4, 0.5) is 0 Å². The molecule has 3 aromatic rings. The van der Waals surface area contributed by atoms with Crippen LogP contribution in [0.15, 0.2) is 68.9 Å². The van der Waals surface area contributed by atoms with Gasteiger partial charge in [-0.1, -0.05) is 12.1 Å². The molecule has 1 aliphatic rings. The predicted molar refractivity (Wildman–Crippen MR) is 138 cm³/mol. The Morgan fingerprint density at radius 2 is 1.67 bits per heavy atom. The molecule has 4 rings (SSSR count). The molecule has 1 amide bonds. The second-order valence-corrected chi connectivity index (χ2v) is 9.23. The summed E-state index contributed by atoms with van der Waals surface area (Å²) in [5.41, 5.74) is 1.33. The maximum absolute atomic E-state index is 12.9. The number of amides is 1. The number of benzene rings is 2. The van der Waals surface area contributed by atoms with E-state index < -0.39 is 0 Å². The highest BCUT2D eigenvalue weighted by atomic mass is 32.2. The average Bonchev–Trinajstić information content (AvgIpc) is 2.92. The van der Waals surface area contributed by atoms with Gasteiger partial charge in [-0.3, -0.25) is 14.5 Å². The lowest BCUT2D eigenvalue weighted by Crippen LogP contribution is -2.48. The number of nitrogens with zero attached hydrogens (tertiary/aromatic N) is 2. The van der Waals surface area contributed by atoms with Crippen LogP contribution in [0, 0.1) is 0 Å². The van der Waals surface area contributed by atoms with Gasteiger partial charge in [-0.25, -0.2) is 0 Å². The summed E-state index contributed by atoms with van der Waals surface area (Å²) in [6.07, 6.45) is 3.41. The fourth-order valence-electron chi connectivity index (χ4n) is 3.99. The first-order valence-corrected chi connectivity index (χ1v) is 12.8. The fourth-order valence-corrected chi connectivity index (χ4v) is 4.40. The second kappa shape index (κ2) is 12.0. The van der Waals surface area contributed by atoms with E-state index in [2.05, 4.69) is 4.90 Å². The Hall–Kier alpha value is -3.43. The van der Waals surface area contributed by atoms with Crippen LogP contribution in [0.25, 0.3) is 0 Å². The highest BCUT2D eigenvalue weighted by Crippen LogP contribution is 2.28. The van der Waals surface area contributed by atoms with Crippen molar-refractivity contribution in [1.82, 2.24) is 9.80 Å². The molecule has 8 nitrogen and oxygen atoms in total. The SMILES string of the molecule is COc1ccc(C(=O)N2CCN(Cc3cc(=O)c(OCc4ccc(SC)cc4)co3)CC2)cc1OC. The van der Waals surface area contributed by atoms with Gasteiger partial charge < -0.3 is 23.5 Å². The van der Waals surface area contributed by atoms with Gasteiger partial charge >= 0.3 is 0 Å². The van der Waals surface area contributed by atoms with E-state index in [0.717, 1.165) is 5.56 Å². The zero-order chi connectivity index (χ0) is 25.5. The highest BCUT2D eigenvalue weighted by molar-refractivity contribution is 7.98. The number of rotatable bonds is 9. The van der Waals surface area contributed by atoms with Gasteiger partial charge in [0.15, 0.2) is 11.5 Å². The molecule has 0 N–H and O–H groups in total. The maximum Gasteiger partial charge on any atom is 0.254 e. The van der Waals surface area contributed by atoms with Gasteiger partial charge in [0.1, 0.15) is 18.6 Å².